The molecule has 1 amide bonds. The molecule has 0 aliphatic heterocycles. The number of rotatable bonds is 10. The van der Waals surface area contributed by atoms with Crippen LogP contribution in [-0.2, 0) is 16.6 Å². The fourth-order valence-electron chi connectivity index (χ4n) is 3.74. The van der Waals surface area contributed by atoms with Gasteiger partial charge in [0.25, 0.3) is 5.91 Å². The molecule has 0 radical (unpaired) electrons. The normalized spacial score (nSPS) is 11.8. The van der Waals surface area contributed by atoms with E-state index in [-0.39, 0.29) is 17.3 Å². The van der Waals surface area contributed by atoms with Gasteiger partial charge in [-0.05, 0) is 61.0 Å². The van der Waals surface area contributed by atoms with Crippen LogP contribution in [0.4, 0.5) is 5.13 Å². The number of amides is 1. The second-order valence-corrected chi connectivity index (χ2v) is 11.6. The number of benzene rings is 2. The van der Waals surface area contributed by atoms with E-state index in [0.29, 0.717) is 34.5 Å². The second-order valence-electron chi connectivity index (χ2n) is 8.20. The van der Waals surface area contributed by atoms with Crippen LogP contribution in [0, 0.1) is 0 Å². The van der Waals surface area contributed by atoms with Gasteiger partial charge in [0.15, 0.2) is 5.13 Å². The number of carbonyl (C=O) groups is 1. The molecular weight excluding hydrogens is 516 g/mol. The molecule has 2 heterocycles. The maximum Gasteiger partial charge on any atom is 0.260 e. The van der Waals surface area contributed by atoms with Crippen LogP contribution in [0.3, 0.4) is 0 Å². The smallest absolute Gasteiger partial charge is 0.260 e. The zero-order chi connectivity index (χ0) is 25.7. The van der Waals surface area contributed by atoms with Gasteiger partial charge in [0.05, 0.1) is 27.4 Å². The molecule has 0 unspecified atom stereocenters. The van der Waals surface area contributed by atoms with Crippen LogP contribution in [0.2, 0.25) is 5.02 Å². The molecule has 36 heavy (non-hydrogen) atoms. The molecule has 2 aromatic heterocycles. The van der Waals surface area contributed by atoms with E-state index in [0.717, 1.165) is 23.1 Å². The fraction of sp³-hybridized carbons (Fsp3) is 0.269. The predicted octanol–water partition coefficient (Wildman–Crippen LogP) is 6.00. The molecule has 10 heteroatoms. The summed E-state index contributed by atoms with van der Waals surface area (Å²) >= 11 is 7.51. The van der Waals surface area contributed by atoms with Crippen molar-refractivity contribution in [3.63, 3.8) is 0 Å². The van der Waals surface area contributed by atoms with E-state index in [2.05, 4.69) is 9.97 Å². The molecule has 0 atom stereocenters. The number of fused-ring (bicyclic) bond motifs is 1. The third-order valence-corrected chi connectivity index (χ3v) is 8.98. The van der Waals surface area contributed by atoms with E-state index in [1.54, 1.807) is 29.3 Å². The molecule has 0 aliphatic carbocycles. The van der Waals surface area contributed by atoms with E-state index in [9.17, 15) is 13.2 Å². The highest BCUT2D eigenvalue weighted by molar-refractivity contribution is 7.89. The van der Waals surface area contributed by atoms with Crippen LogP contribution in [0.15, 0.2) is 71.8 Å². The highest BCUT2D eigenvalue weighted by Gasteiger charge is 2.25. The molecule has 0 fully saturated rings. The van der Waals surface area contributed by atoms with Crippen molar-refractivity contribution in [2.75, 3.05) is 18.0 Å². The first-order valence-electron chi connectivity index (χ1n) is 11.7. The van der Waals surface area contributed by atoms with Gasteiger partial charge in [-0.1, -0.05) is 49.3 Å². The Kier molecular flexibility index (Phi) is 8.35. The lowest BCUT2D eigenvalue weighted by Crippen LogP contribution is -2.32. The van der Waals surface area contributed by atoms with Gasteiger partial charge in [-0.15, -0.1) is 0 Å². The average molecular weight is 543 g/mol. The van der Waals surface area contributed by atoms with Crippen molar-refractivity contribution in [3.8, 4) is 0 Å². The number of sulfonamides is 1. The summed E-state index contributed by atoms with van der Waals surface area (Å²) in [6, 6.07) is 17.0. The molecule has 4 aromatic rings. The van der Waals surface area contributed by atoms with Gasteiger partial charge in [0, 0.05) is 29.9 Å². The second kappa shape index (κ2) is 11.5. The van der Waals surface area contributed by atoms with E-state index < -0.39 is 10.0 Å². The SMILES string of the molecule is CCCCN(CC)S(=O)(=O)c1ccc(C(=O)N(Cc2ccccn2)c2nc3ccc(Cl)cc3s2)cc1. The van der Waals surface area contributed by atoms with E-state index in [1.807, 2.05) is 44.2 Å². The molecule has 0 bridgehead atoms. The Balaban J connectivity index is 1.66. The van der Waals surface area contributed by atoms with Gasteiger partial charge in [-0.2, -0.15) is 4.31 Å². The molecule has 4 rings (SSSR count). The molecule has 0 N–H and O–H groups in total. The van der Waals surface area contributed by atoms with Gasteiger partial charge in [0.1, 0.15) is 0 Å². The molecule has 0 aliphatic rings. The summed E-state index contributed by atoms with van der Waals surface area (Å²) in [4.78, 5) is 24.4. The summed E-state index contributed by atoms with van der Waals surface area (Å²) in [5, 5.41) is 1.11. The average Bonchev–Trinajstić information content (AvgIpc) is 3.31. The van der Waals surface area contributed by atoms with Gasteiger partial charge < -0.3 is 0 Å². The minimum atomic E-state index is -3.63. The Morgan fingerprint density at radius 1 is 1.06 bits per heavy atom. The number of aromatic nitrogens is 2. The van der Waals surface area contributed by atoms with Crippen LogP contribution in [-0.4, -0.2) is 41.7 Å². The Morgan fingerprint density at radius 2 is 1.83 bits per heavy atom. The van der Waals surface area contributed by atoms with Crippen LogP contribution in [0.1, 0.15) is 42.7 Å². The van der Waals surface area contributed by atoms with Crippen molar-refractivity contribution in [2.24, 2.45) is 0 Å². The van der Waals surface area contributed by atoms with Gasteiger partial charge >= 0.3 is 0 Å². The molecule has 0 saturated heterocycles. The first kappa shape index (κ1) is 26.2. The topological polar surface area (TPSA) is 83.5 Å². The van der Waals surface area contributed by atoms with E-state index in [4.69, 9.17) is 11.6 Å². The van der Waals surface area contributed by atoms with Crippen molar-refractivity contribution in [2.45, 2.75) is 38.1 Å². The molecule has 188 valence electrons. The van der Waals surface area contributed by atoms with E-state index in [1.165, 1.54) is 27.8 Å². The highest BCUT2D eigenvalue weighted by atomic mass is 35.5. The van der Waals surface area contributed by atoms with E-state index >= 15 is 0 Å². The minimum Gasteiger partial charge on any atom is -0.278 e. The standard InChI is InChI=1S/C26H27ClN4O3S2/c1-3-5-16-30(4-2)36(33,34)22-12-9-19(10-13-22)25(32)31(18-21-8-6-7-15-28-21)26-29-23-14-11-20(27)17-24(23)35-26/h6-15,17H,3-5,16,18H2,1-2H3. The lowest BCUT2D eigenvalue weighted by molar-refractivity contribution is 0.0984. The molecule has 2 aromatic carbocycles. The predicted molar refractivity (Wildman–Crippen MR) is 145 cm³/mol. The number of anilines is 1. The zero-order valence-corrected chi connectivity index (χ0v) is 22.5. The Hall–Kier alpha value is -2.85. The van der Waals surface area contributed by atoms with Crippen molar-refractivity contribution >= 4 is 54.2 Å². The zero-order valence-electron chi connectivity index (χ0n) is 20.1. The van der Waals surface area contributed by atoms with Crippen molar-refractivity contribution in [1.29, 1.82) is 0 Å². The summed E-state index contributed by atoms with van der Waals surface area (Å²) < 4.78 is 28.5. The summed E-state index contributed by atoms with van der Waals surface area (Å²) in [7, 11) is -3.63. The van der Waals surface area contributed by atoms with Crippen molar-refractivity contribution in [1.82, 2.24) is 14.3 Å². The fourth-order valence-corrected chi connectivity index (χ4v) is 6.47. The van der Waals surface area contributed by atoms with Crippen LogP contribution in [0.5, 0.6) is 0 Å². The van der Waals surface area contributed by atoms with Crippen molar-refractivity contribution < 1.29 is 13.2 Å². The number of unbranched alkanes of at least 4 members (excludes halogenated alkanes) is 1. The Labute approximate surface area is 220 Å². The first-order valence-corrected chi connectivity index (χ1v) is 14.3. The summed E-state index contributed by atoms with van der Waals surface area (Å²) in [5.41, 5.74) is 1.81. The third kappa shape index (κ3) is 5.75. The largest absolute Gasteiger partial charge is 0.278 e. The molecule has 0 saturated carbocycles. The van der Waals surface area contributed by atoms with Crippen LogP contribution < -0.4 is 4.90 Å². The lowest BCUT2D eigenvalue weighted by Gasteiger charge is -2.21. The summed E-state index contributed by atoms with van der Waals surface area (Å²) in [6.45, 7) is 4.93. The van der Waals surface area contributed by atoms with Crippen molar-refractivity contribution in [3.05, 3.63) is 83.1 Å². The number of pyridine rings is 1. The monoisotopic (exact) mass is 542 g/mol. The quantitative estimate of drug-likeness (QED) is 0.245. The summed E-state index contributed by atoms with van der Waals surface area (Å²) in [6.07, 6.45) is 3.37. The maximum atomic E-state index is 13.7. The molecule has 7 nitrogen and oxygen atoms in total. The number of halogens is 1. The van der Waals surface area contributed by atoms with Gasteiger partial charge in [-0.25, -0.2) is 13.4 Å². The van der Waals surface area contributed by atoms with Gasteiger partial charge in [-0.3, -0.25) is 14.7 Å². The number of nitrogens with zero attached hydrogens (tertiary/aromatic N) is 4. The highest BCUT2D eigenvalue weighted by Crippen LogP contribution is 2.32. The molecule has 0 spiro atoms. The Morgan fingerprint density at radius 3 is 2.50 bits per heavy atom. The first-order chi connectivity index (χ1) is 17.3. The molecular formula is C26H27ClN4O3S2. The summed E-state index contributed by atoms with van der Waals surface area (Å²) in [5.74, 6) is -0.298. The number of hydrogen-bond acceptors (Lipinski definition) is 6. The van der Waals surface area contributed by atoms with Crippen LogP contribution in [0.25, 0.3) is 10.2 Å². The van der Waals surface area contributed by atoms with Gasteiger partial charge in [0.2, 0.25) is 10.0 Å². The number of carbonyl (C=O) groups excluding carboxylic acids is 1. The minimum absolute atomic E-state index is 0.169. The van der Waals surface area contributed by atoms with Crippen LogP contribution >= 0.6 is 22.9 Å². The number of hydrogen-bond donors (Lipinski definition) is 0. The Bertz CT molecular complexity index is 1440. The lowest BCUT2D eigenvalue weighted by atomic mass is 10.2. The number of thiazole rings is 1. The maximum absolute atomic E-state index is 13.7. The third-order valence-electron chi connectivity index (χ3n) is 5.71.